The average Bonchev–Trinajstić information content (AvgIpc) is 3.02. The number of carbonyl (C=O) groups excluding carboxylic acids is 2. The first-order valence-corrected chi connectivity index (χ1v) is 10.6. The van der Waals surface area contributed by atoms with E-state index in [1.54, 1.807) is 49.6 Å². The van der Waals surface area contributed by atoms with Crippen molar-refractivity contribution in [2.24, 2.45) is 0 Å². The third-order valence-corrected chi connectivity index (χ3v) is 5.24. The van der Waals surface area contributed by atoms with Crippen molar-refractivity contribution in [1.29, 1.82) is 0 Å². The van der Waals surface area contributed by atoms with Gasteiger partial charge in [-0.05, 0) is 69.9 Å². The number of aliphatic hydroxyl groups is 1. The molecule has 0 aromatic heterocycles. The van der Waals surface area contributed by atoms with Crippen LogP contribution in [0.3, 0.4) is 0 Å². The molecular weight excluding hydrogens is 408 g/mol. The third-order valence-electron chi connectivity index (χ3n) is 5.24. The molecule has 1 heterocycles. The van der Waals surface area contributed by atoms with Crippen molar-refractivity contribution in [3.8, 4) is 11.5 Å². The van der Waals surface area contributed by atoms with Gasteiger partial charge < -0.3 is 24.4 Å². The van der Waals surface area contributed by atoms with Crippen molar-refractivity contribution in [2.75, 3.05) is 34.3 Å². The van der Waals surface area contributed by atoms with E-state index in [1.807, 2.05) is 38.9 Å². The highest BCUT2D eigenvalue weighted by Crippen LogP contribution is 2.40. The van der Waals surface area contributed by atoms with Gasteiger partial charge in [0.25, 0.3) is 11.7 Å². The highest BCUT2D eigenvalue weighted by atomic mass is 16.5. The van der Waals surface area contributed by atoms with E-state index in [-0.39, 0.29) is 17.4 Å². The van der Waals surface area contributed by atoms with Crippen molar-refractivity contribution in [3.63, 3.8) is 0 Å². The molecule has 2 aromatic carbocycles. The lowest BCUT2D eigenvalue weighted by molar-refractivity contribution is -0.140. The minimum Gasteiger partial charge on any atom is -0.507 e. The van der Waals surface area contributed by atoms with Crippen molar-refractivity contribution in [2.45, 2.75) is 26.0 Å². The predicted molar refractivity (Wildman–Crippen MR) is 123 cm³/mol. The minimum absolute atomic E-state index is 0.0181. The molecule has 1 atom stereocenters. The largest absolute Gasteiger partial charge is 0.507 e. The fraction of sp³-hybridized carbons (Fsp3) is 0.360. The lowest BCUT2D eigenvalue weighted by Crippen LogP contribution is -2.35. The van der Waals surface area contributed by atoms with E-state index in [0.29, 0.717) is 35.7 Å². The Labute approximate surface area is 188 Å². The Hall–Kier alpha value is -3.32. The molecule has 1 aliphatic heterocycles. The molecule has 1 amide bonds. The number of benzene rings is 2. The fourth-order valence-electron chi connectivity index (χ4n) is 3.70. The number of ketones is 1. The molecular formula is C25H30N2O5. The number of hydrogen-bond donors (Lipinski definition) is 1. The first-order chi connectivity index (χ1) is 15.2. The van der Waals surface area contributed by atoms with Crippen molar-refractivity contribution in [1.82, 2.24) is 9.80 Å². The summed E-state index contributed by atoms with van der Waals surface area (Å²) < 4.78 is 11.0. The number of ether oxygens (including phenoxy) is 2. The van der Waals surface area contributed by atoms with Crippen LogP contribution in [0.2, 0.25) is 0 Å². The molecule has 1 N–H and O–H groups in total. The second kappa shape index (κ2) is 9.87. The van der Waals surface area contributed by atoms with E-state index >= 15 is 0 Å². The Bertz CT molecular complexity index is 1010. The second-order valence-electron chi connectivity index (χ2n) is 8.26. The summed E-state index contributed by atoms with van der Waals surface area (Å²) in [7, 11) is 5.36. The van der Waals surface area contributed by atoms with Crippen LogP contribution < -0.4 is 9.47 Å². The number of amides is 1. The fourth-order valence-corrected chi connectivity index (χ4v) is 3.70. The van der Waals surface area contributed by atoms with Gasteiger partial charge in [-0.3, -0.25) is 9.59 Å². The topological polar surface area (TPSA) is 79.3 Å². The van der Waals surface area contributed by atoms with Gasteiger partial charge in [-0.25, -0.2) is 0 Å². The molecule has 2 aromatic rings. The first-order valence-electron chi connectivity index (χ1n) is 10.6. The third kappa shape index (κ3) is 4.94. The number of carbonyl (C=O) groups is 2. The van der Waals surface area contributed by atoms with Gasteiger partial charge in [-0.2, -0.15) is 0 Å². The summed E-state index contributed by atoms with van der Waals surface area (Å²) >= 11 is 0. The van der Waals surface area contributed by atoms with E-state index in [4.69, 9.17) is 9.47 Å². The Morgan fingerprint density at radius 2 is 1.78 bits per heavy atom. The van der Waals surface area contributed by atoms with Crippen LogP contribution in [-0.2, 0) is 9.59 Å². The molecule has 0 bridgehead atoms. The van der Waals surface area contributed by atoms with Gasteiger partial charge in [0.15, 0.2) is 0 Å². The van der Waals surface area contributed by atoms with Crippen molar-refractivity contribution in [3.05, 3.63) is 65.2 Å². The summed E-state index contributed by atoms with van der Waals surface area (Å²) in [6, 6.07) is 13.3. The summed E-state index contributed by atoms with van der Waals surface area (Å²) in [6.45, 7) is 4.78. The molecule has 1 saturated heterocycles. The van der Waals surface area contributed by atoms with Gasteiger partial charge in [-0.15, -0.1) is 0 Å². The molecule has 0 saturated carbocycles. The number of methoxy groups -OCH3 is 1. The maximum Gasteiger partial charge on any atom is 0.295 e. The molecule has 0 radical (unpaired) electrons. The summed E-state index contributed by atoms with van der Waals surface area (Å²) in [5.41, 5.74) is 1.21. The molecule has 0 unspecified atom stereocenters. The van der Waals surface area contributed by atoms with Crippen LogP contribution in [0.15, 0.2) is 54.1 Å². The standard InChI is InChI=1S/C25H30N2O5/c1-16(2)32-19-11-9-17(10-12-19)23(28)21-22(18-7-6-8-20(15-18)31-5)27(14-13-26(3)4)25(30)24(21)29/h6-12,15-16,22,28H,13-14H2,1-5H3/b23-21+/t22-/m0/s1. The van der Waals surface area contributed by atoms with Crippen LogP contribution >= 0.6 is 0 Å². The predicted octanol–water partition coefficient (Wildman–Crippen LogP) is 3.47. The van der Waals surface area contributed by atoms with Gasteiger partial charge >= 0.3 is 0 Å². The number of nitrogens with zero attached hydrogens (tertiary/aromatic N) is 2. The monoisotopic (exact) mass is 438 g/mol. The molecule has 0 spiro atoms. The highest BCUT2D eigenvalue weighted by molar-refractivity contribution is 6.46. The number of Topliss-reactive ketones (excluding diaryl/α,β-unsaturated/α-hetero) is 1. The molecule has 7 nitrogen and oxygen atoms in total. The number of aliphatic hydroxyl groups excluding tert-OH is 1. The van der Waals surface area contributed by atoms with Crippen LogP contribution in [0.25, 0.3) is 5.76 Å². The summed E-state index contributed by atoms with van der Waals surface area (Å²) in [6.07, 6.45) is 0.0181. The smallest absolute Gasteiger partial charge is 0.295 e. The van der Waals surface area contributed by atoms with Gasteiger partial charge in [0, 0.05) is 18.7 Å². The van der Waals surface area contributed by atoms with Crippen LogP contribution in [0.5, 0.6) is 11.5 Å². The second-order valence-corrected chi connectivity index (χ2v) is 8.26. The molecule has 3 rings (SSSR count). The van der Waals surface area contributed by atoms with E-state index in [9.17, 15) is 14.7 Å². The quantitative estimate of drug-likeness (QED) is 0.386. The minimum atomic E-state index is -0.711. The van der Waals surface area contributed by atoms with E-state index < -0.39 is 17.7 Å². The lowest BCUT2D eigenvalue weighted by Gasteiger charge is -2.26. The highest BCUT2D eigenvalue weighted by Gasteiger charge is 2.46. The Morgan fingerprint density at radius 3 is 2.38 bits per heavy atom. The zero-order chi connectivity index (χ0) is 23.4. The molecule has 7 heteroatoms. The lowest BCUT2D eigenvalue weighted by atomic mass is 9.95. The van der Waals surface area contributed by atoms with Crippen molar-refractivity contribution < 1.29 is 24.2 Å². The maximum absolute atomic E-state index is 13.0. The molecule has 32 heavy (non-hydrogen) atoms. The Morgan fingerprint density at radius 1 is 1.09 bits per heavy atom. The zero-order valence-corrected chi connectivity index (χ0v) is 19.2. The normalized spacial score (nSPS) is 18.0. The Balaban J connectivity index is 2.09. The van der Waals surface area contributed by atoms with Crippen molar-refractivity contribution >= 4 is 17.4 Å². The Kier molecular flexibility index (Phi) is 7.20. The number of likely N-dealkylation sites (N-methyl/N-ethyl adjacent to an activating group) is 1. The SMILES string of the molecule is COc1cccc([C@H]2/C(=C(\O)c3ccc(OC(C)C)cc3)C(=O)C(=O)N2CCN(C)C)c1. The molecule has 0 aliphatic carbocycles. The van der Waals surface area contributed by atoms with E-state index in [1.165, 1.54) is 4.90 Å². The number of likely N-dealkylation sites (tertiary alicyclic amines) is 1. The van der Waals surface area contributed by atoms with Crippen LogP contribution in [0, 0.1) is 0 Å². The molecule has 170 valence electrons. The number of rotatable bonds is 8. The van der Waals surface area contributed by atoms with Crippen LogP contribution in [-0.4, -0.2) is 67.0 Å². The summed E-state index contributed by atoms with van der Waals surface area (Å²) in [4.78, 5) is 29.4. The summed E-state index contributed by atoms with van der Waals surface area (Å²) in [5.74, 6) is -0.264. The van der Waals surface area contributed by atoms with Gasteiger partial charge in [0.05, 0.1) is 24.8 Å². The number of hydrogen-bond acceptors (Lipinski definition) is 6. The summed E-state index contributed by atoms with van der Waals surface area (Å²) in [5, 5.41) is 11.1. The zero-order valence-electron chi connectivity index (χ0n) is 19.2. The first kappa shape index (κ1) is 23.3. The van der Waals surface area contributed by atoms with Gasteiger partial charge in [0.1, 0.15) is 17.3 Å². The van der Waals surface area contributed by atoms with Gasteiger partial charge in [-0.1, -0.05) is 12.1 Å². The van der Waals surface area contributed by atoms with Crippen LogP contribution in [0.1, 0.15) is 31.0 Å². The van der Waals surface area contributed by atoms with Gasteiger partial charge in [0.2, 0.25) is 0 Å². The maximum atomic E-state index is 13.0. The van der Waals surface area contributed by atoms with E-state index in [2.05, 4.69) is 0 Å². The van der Waals surface area contributed by atoms with E-state index in [0.717, 1.165) is 0 Å². The molecule has 1 aliphatic rings. The average molecular weight is 439 g/mol. The van der Waals surface area contributed by atoms with Crippen LogP contribution in [0.4, 0.5) is 0 Å². The molecule has 1 fully saturated rings.